The van der Waals surface area contributed by atoms with Crippen LogP contribution in [-0.4, -0.2) is 20.2 Å². The molecule has 0 aliphatic rings. The molecule has 7 nitrogen and oxygen atoms in total. The van der Waals surface area contributed by atoms with E-state index < -0.39 is 0 Å². The monoisotopic (exact) mass is 430 g/mol. The van der Waals surface area contributed by atoms with Crippen molar-refractivity contribution in [2.45, 2.75) is 0 Å². The van der Waals surface area contributed by atoms with Gasteiger partial charge in [0.1, 0.15) is 29.3 Å². The fraction of sp³-hybridized carbons (Fsp3) is 0. The first-order valence-electron chi connectivity index (χ1n) is 10.1. The first-order chi connectivity index (χ1) is 16.3. The van der Waals surface area contributed by atoms with E-state index >= 15 is 0 Å². The van der Waals surface area contributed by atoms with Crippen molar-refractivity contribution >= 4 is 0 Å². The molecule has 1 heterocycles. The summed E-state index contributed by atoms with van der Waals surface area (Å²) in [6.45, 7) is 0. The fourth-order valence-electron chi connectivity index (χ4n) is 3.31. The van der Waals surface area contributed by atoms with Crippen LogP contribution in [-0.2, 0) is 0 Å². The zero-order chi connectivity index (χ0) is 22.5. The van der Waals surface area contributed by atoms with E-state index in [0.29, 0.717) is 28.6 Å². The van der Waals surface area contributed by atoms with E-state index in [-0.39, 0.29) is 0 Å². The second kappa shape index (κ2) is 9.04. The third-order valence-corrected chi connectivity index (χ3v) is 4.80. The predicted octanol–water partition coefficient (Wildman–Crippen LogP) is 5.59. The third-order valence-electron chi connectivity index (χ3n) is 4.80. The maximum Gasteiger partial charge on any atom is 0.143 e. The van der Waals surface area contributed by atoms with Crippen LogP contribution in [0.4, 0.5) is 0 Å². The average Bonchev–Trinajstić information content (AvgIpc) is 3.40. The lowest BCUT2D eigenvalue weighted by Crippen LogP contribution is -1.96. The zero-order valence-corrected chi connectivity index (χ0v) is 17.3. The Hall–Kier alpha value is -4.96. The zero-order valence-electron chi connectivity index (χ0n) is 17.3. The molecule has 0 N–H and O–H groups in total. The molecule has 0 spiro atoms. The molecule has 0 aliphatic heterocycles. The van der Waals surface area contributed by atoms with Gasteiger partial charge >= 0.3 is 0 Å². The number of hydrogen-bond donors (Lipinski definition) is 0. The van der Waals surface area contributed by atoms with Crippen LogP contribution in [0.2, 0.25) is 0 Å². The summed E-state index contributed by atoms with van der Waals surface area (Å²) in [4.78, 5) is 0. The molecule has 157 valence electrons. The molecule has 4 aromatic carbocycles. The van der Waals surface area contributed by atoms with Crippen LogP contribution in [0.25, 0.3) is 16.8 Å². The van der Waals surface area contributed by atoms with Crippen molar-refractivity contribution in [3.8, 4) is 45.9 Å². The number of aromatic nitrogens is 4. The van der Waals surface area contributed by atoms with Gasteiger partial charge in [-0.3, -0.25) is 0 Å². The van der Waals surface area contributed by atoms with Gasteiger partial charge in [0.25, 0.3) is 0 Å². The Morgan fingerprint density at radius 1 is 0.818 bits per heavy atom. The normalized spacial score (nSPS) is 10.4. The maximum atomic E-state index is 9.11. The minimum absolute atomic E-state index is 0.541. The van der Waals surface area contributed by atoms with Gasteiger partial charge in [-0.2, -0.15) is 5.26 Å². The molecule has 1 aromatic heterocycles. The van der Waals surface area contributed by atoms with Gasteiger partial charge in [0, 0.05) is 11.6 Å². The number of ether oxygens (including phenoxy) is 2. The molecule has 0 saturated carbocycles. The second-order valence-corrected chi connectivity index (χ2v) is 7.03. The number of benzene rings is 4. The Bertz CT molecular complexity index is 1440. The molecule has 0 saturated heterocycles. The highest BCUT2D eigenvalue weighted by Gasteiger charge is 2.10. The van der Waals surface area contributed by atoms with Crippen LogP contribution in [0.1, 0.15) is 5.56 Å². The number of nitriles is 1. The highest BCUT2D eigenvalue weighted by atomic mass is 16.5. The van der Waals surface area contributed by atoms with Gasteiger partial charge in [0.15, 0.2) is 0 Å². The highest BCUT2D eigenvalue weighted by molar-refractivity contribution is 5.71. The Kier molecular flexibility index (Phi) is 5.47. The summed E-state index contributed by atoms with van der Waals surface area (Å²) in [7, 11) is 0. The molecule has 0 amide bonds. The first-order valence-corrected chi connectivity index (χ1v) is 10.1. The standard InChI is InChI=1S/C26H16N5O2/c27-17-19-6-3-9-22(14-19)32-23-10-4-7-20(15-23)25-12-1-2-13-26(25)33-24-11-5-8-21(16-24)31-18-28-29-30-31/h1-11,13-16,18H. The molecule has 0 aliphatic carbocycles. The van der Waals surface area contributed by atoms with E-state index in [1.54, 1.807) is 22.9 Å². The van der Waals surface area contributed by atoms with E-state index in [9.17, 15) is 0 Å². The van der Waals surface area contributed by atoms with E-state index in [4.69, 9.17) is 14.7 Å². The Morgan fingerprint density at radius 2 is 1.61 bits per heavy atom. The summed E-state index contributed by atoms with van der Waals surface area (Å²) in [5, 5.41) is 20.4. The second-order valence-electron chi connectivity index (χ2n) is 7.03. The lowest BCUT2D eigenvalue weighted by atomic mass is 10.0. The van der Waals surface area contributed by atoms with Crippen molar-refractivity contribution in [1.29, 1.82) is 5.26 Å². The first kappa shape index (κ1) is 20.0. The Labute approximate surface area is 190 Å². The van der Waals surface area contributed by atoms with Crippen LogP contribution in [0, 0.1) is 17.4 Å². The Morgan fingerprint density at radius 3 is 2.42 bits per heavy atom. The number of rotatable bonds is 6. The van der Waals surface area contributed by atoms with E-state index in [1.807, 2.05) is 72.8 Å². The van der Waals surface area contributed by atoms with Crippen molar-refractivity contribution in [3.63, 3.8) is 0 Å². The topological polar surface area (TPSA) is 85.9 Å². The quantitative estimate of drug-likeness (QED) is 0.349. The number of tetrazole rings is 1. The molecule has 5 rings (SSSR count). The molecule has 33 heavy (non-hydrogen) atoms. The van der Waals surface area contributed by atoms with Gasteiger partial charge < -0.3 is 9.47 Å². The van der Waals surface area contributed by atoms with Crippen molar-refractivity contribution in [2.75, 3.05) is 0 Å². The van der Waals surface area contributed by atoms with Gasteiger partial charge in [0.05, 0.1) is 17.3 Å². The predicted molar refractivity (Wildman–Crippen MR) is 121 cm³/mol. The largest absolute Gasteiger partial charge is 0.457 e. The van der Waals surface area contributed by atoms with Crippen molar-refractivity contribution in [2.24, 2.45) is 0 Å². The molecule has 0 unspecified atom stereocenters. The van der Waals surface area contributed by atoms with Gasteiger partial charge in [-0.25, -0.2) is 4.68 Å². The molecular weight excluding hydrogens is 414 g/mol. The van der Waals surface area contributed by atoms with Gasteiger partial charge in [-0.05, 0) is 70.6 Å². The number of hydrogen-bond acceptors (Lipinski definition) is 6. The summed E-state index contributed by atoms with van der Waals surface area (Å²) in [5.41, 5.74) is 3.01. The SMILES string of the molecule is N#Cc1cccc(Oc2cccc(-c3[c]cccc3Oc3cccc(-n4cnnn4)c3)c2)c1. The maximum absolute atomic E-state index is 9.11. The average molecular weight is 430 g/mol. The van der Waals surface area contributed by atoms with Crippen LogP contribution in [0.15, 0.2) is 97.3 Å². The van der Waals surface area contributed by atoms with Gasteiger partial charge in [-0.15, -0.1) is 5.10 Å². The summed E-state index contributed by atoms with van der Waals surface area (Å²) in [6, 6.07) is 33.2. The summed E-state index contributed by atoms with van der Waals surface area (Å²) in [5.74, 6) is 2.53. The third kappa shape index (κ3) is 4.55. The summed E-state index contributed by atoms with van der Waals surface area (Å²) in [6.07, 6.45) is 1.53. The minimum atomic E-state index is 0.541. The molecule has 1 radical (unpaired) electrons. The van der Waals surface area contributed by atoms with Crippen molar-refractivity contribution in [3.05, 3.63) is 109 Å². The minimum Gasteiger partial charge on any atom is -0.457 e. The molecule has 5 aromatic rings. The molecule has 0 bridgehead atoms. The lowest BCUT2D eigenvalue weighted by molar-refractivity contribution is 0.481. The molecule has 7 heteroatoms. The van der Waals surface area contributed by atoms with Crippen LogP contribution < -0.4 is 9.47 Å². The molecule has 0 fully saturated rings. The fourth-order valence-corrected chi connectivity index (χ4v) is 3.31. The molecule has 0 atom stereocenters. The Balaban J connectivity index is 1.43. The summed E-state index contributed by atoms with van der Waals surface area (Å²) >= 11 is 0. The number of nitrogens with zero attached hydrogens (tertiary/aromatic N) is 5. The van der Waals surface area contributed by atoms with E-state index in [2.05, 4.69) is 27.7 Å². The van der Waals surface area contributed by atoms with Crippen LogP contribution in [0.3, 0.4) is 0 Å². The smallest absolute Gasteiger partial charge is 0.143 e. The van der Waals surface area contributed by atoms with Crippen molar-refractivity contribution < 1.29 is 9.47 Å². The van der Waals surface area contributed by atoms with Crippen molar-refractivity contribution in [1.82, 2.24) is 20.2 Å². The highest BCUT2D eigenvalue weighted by Crippen LogP contribution is 2.35. The summed E-state index contributed by atoms with van der Waals surface area (Å²) < 4.78 is 13.7. The lowest BCUT2D eigenvalue weighted by Gasteiger charge is -2.13. The van der Waals surface area contributed by atoms with Gasteiger partial charge in [-0.1, -0.05) is 36.4 Å². The van der Waals surface area contributed by atoms with Crippen LogP contribution in [0.5, 0.6) is 23.0 Å². The van der Waals surface area contributed by atoms with Gasteiger partial charge in [0.2, 0.25) is 0 Å². The van der Waals surface area contributed by atoms with E-state index in [0.717, 1.165) is 16.8 Å². The van der Waals surface area contributed by atoms with E-state index in [1.165, 1.54) is 6.33 Å². The van der Waals surface area contributed by atoms with Crippen LogP contribution >= 0.6 is 0 Å². The molecular formula is C26H16N5O2.